The van der Waals surface area contributed by atoms with Crippen LogP contribution in [0.3, 0.4) is 0 Å². The molecule has 5 nitrogen and oxygen atoms in total. The van der Waals surface area contributed by atoms with E-state index in [-0.39, 0.29) is 12.0 Å². The fourth-order valence-corrected chi connectivity index (χ4v) is 4.80. The van der Waals surface area contributed by atoms with Gasteiger partial charge in [-0.25, -0.2) is 4.79 Å². The second kappa shape index (κ2) is 8.05. The number of carbonyl (C=O) groups is 2. The molecule has 0 radical (unpaired) electrons. The maximum absolute atomic E-state index is 12.7. The van der Waals surface area contributed by atoms with Gasteiger partial charge in [0.15, 0.2) is 0 Å². The van der Waals surface area contributed by atoms with E-state index in [0.29, 0.717) is 24.0 Å². The Morgan fingerprint density at radius 1 is 1.07 bits per heavy atom. The first kappa shape index (κ1) is 17.9. The molecule has 1 heterocycles. The molecule has 1 saturated heterocycles. The summed E-state index contributed by atoms with van der Waals surface area (Å²) in [5.74, 6) is -0.148. The Morgan fingerprint density at radius 3 is 2.52 bits per heavy atom. The van der Waals surface area contributed by atoms with E-state index in [1.165, 1.54) is 25.7 Å². The zero-order chi connectivity index (χ0) is 18.6. The molecule has 0 bridgehead atoms. The summed E-state index contributed by atoms with van der Waals surface area (Å²) in [7, 11) is 0. The van der Waals surface area contributed by atoms with E-state index in [1.807, 2.05) is 30.0 Å². The average Bonchev–Trinajstić information content (AvgIpc) is 3.35. The van der Waals surface area contributed by atoms with Crippen molar-refractivity contribution >= 4 is 35.1 Å². The van der Waals surface area contributed by atoms with Gasteiger partial charge in [0, 0.05) is 21.4 Å². The van der Waals surface area contributed by atoms with Crippen molar-refractivity contribution in [3.8, 4) is 0 Å². The fourth-order valence-electron chi connectivity index (χ4n) is 3.47. The first-order valence-electron chi connectivity index (χ1n) is 9.32. The molecule has 1 aliphatic carbocycles. The molecule has 2 aliphatic rings. The maximum atomic E-state index is 12.7. The summed E-state index contributed by atoms with van der Waals surface area (Å²) in [6.45, 7) is 0.937. The standard InChI is InChI=1S/C21H22N2O3S/c24-20(15-9-11-16(12-10-15)23-13-14-26-21(23)25)22-18-7-3-4-8-19(18)27-17-5-1-2-6-17/h3-4,7-12,17H,1-2,5-6,13-14H2,(H,22,24). The Balaban J connectivity index is 1.45. The number of nitrogens with one attached hydrogen (secondary N) is 1. The van der Waals surface area contributed by atoms with Gasteiger partial charge in [-0.15, -0.1) is 11.8 Å². The van der Waals surface area contributed by atoms with Crippen LogP contribution in [-0.2, 0) is 4.74 Å². The third-order valence-corrected chi connectivity index (χ3v) is 6.35. The number of cyclic esters (lactones) is 1. The average molecular weight is 382 g/mol. The van der Waals surface area contributed by atoms with Gasteiger partial charge in [-0.1, -0.05) is 25.0 Å². The van der Waals surface area contributed by atoms with E-state index in [4.69, 9.17) is 4.74 Å². The summed E-state index contributed by atoms with van der Waals surface area (Å²) < 4.78 is 4.95. The van der Waals surface area contributed by atoms with Crippen LogP contribution in [0, 0.1) is 0 Å². The highest BCUT2D eigenvalue weighted by molar-refractivity contribution is 8.00. The molecule has 2 fully saturated rings. The summed E-state index contributed by atoms with van der Waals surface area (Å²) in [5, 5.41) is 3.67. The first-order chi connectivity index (χ1) is 13.2. The third-order valence-electron chi connectivity index (χ3n) is 4.93. The number of hydrogen-bond donors (Lipinski definition) is 1. The Bertz CT molecular complexity index is 832. The number of carbonyl (C=O) groups excluding carboxylic acids is 2. The zero-order valence-corrected chi connectivity index (χ0v) is 15.8. The molecule has 0 aromatic heterocycles. The summed E-state index contributed by atoms with van der Waals surface area (Å²) in [4.78, 5) is 27.0. The topological polar surface area (TPSA) is 58.6 Å². The number of benzene rings is 2. The van der Waals surface area contributed by atoms with Gasteiger partial charge in [0.05, 0.1) is 12.2 Å². The molecule has 1 N–H and O–H groups in total. The SMILES string of the molecule is O=C(Nc1ccccc1SC1CCCC1)c1ccc(N2CCOC2=O)cc1. The highest BCUT2D eigenvalue weighted by Crippen LogP contribution is 2.38. The van der Waals surface area contributed by atoms with Gasteiger partial charge in [0.2, 0.25) is 0 Å². The Kier molecular flexibility index (Phi) is 5.34. The predicted octanol–water partition coefficient (Wildman–Crippen LogP) is 4.93. The lowest BCUT2D eigenvalue weighted by atomic mass is 10.1. The molecule has 2 amide bonds. The van der Waals surface area contributed by atoms with Crippen LogP contribution in [0.15, 0.2) is 53.4 Å². The van der Waals surface area contributed by atoms with Crippen molar-refractivity contribution in [3.05, 3.63) is 54.1 Å². The van der Waals surface area contributed by atoms with Crippen molar-refractivity contribution in [2.75, 3.05) is 23.4 Å². The van der Waals surface area contributed by atoms with Crippen molar-refractivity contribution in [2.24, 2.45) is 0 Å². The molecule has 140 valence electrons. The largest absolute Gasteiger partial charge is 0.447 e. The van der Waals surface area contributed by atoms with Crippen LogP contribution in [-0.4, -0.2) is 30.4 Å². The van der Waals surface area contributed by atoms with Crippen LogP contribution in [0.2, 0.25) is 0 Å². The zero-order valence-electron chi connectivity index (χ0n) is 15.0. The van der Waals surface area contributed by atoms with Crippen molar-refractivity contribution in [3.63, 3.8) is 0 Å². The maximum Gasteiger partial charge on any atom is 0.414 e. The van der Waals surface area contributed by atoms with Crippen LogP contribution < -0.4 is 10.2 Å². The summed E-state index contributed by atoms with van der Waals surface area (Å²) in [6, 6.07) is 15.0. The third kappa shape index (κ3) is 4.11. The van der Waals surface area contributed by atoms with Gasteiger partial charge in [-0.3, -0.25) is 9.69 Å². The molecule has 1 saturated carbocycles. The van der Waals surface area contributed by atoms with Crippen LogP contribution in [0.1, 0.15) is 36.0 Å². The molecule has 27 heavy (non-hydrogen) atoms. The van der Waals surface area contributed by atoms with Gasteiger partial charge >= 0.3 is 6.09 Å². The van der Waals surface area contributed by atoms with Crippen molar-refractivity contribution in [1.82, 2.24) is 0 Å². The second-order valence-corrected chi connectivity index (χ2v) is 8.13. The minimum Gasteiger partial charge on any atom is -0.447 e. The van der Waals surface area contributed by atoms with Gasteiger partial charge in [0.1, 0.15) is 6.61 Å². The van der Waals surface area contributed by atoms with Gasteiger partial charge in [0.25, 0.3) is 5.91 Å². The van der Waals surface area contributed by atoms with E-state index < -0.39 is 0 Å². The lowest BCUT2D eigenvalue weighted by molar-refractivity contribution is 0.102. The van der Waals surface area contributed by atoms with Crippen LogP contribution in [0.25, 0.3) is 0 Å². The number of nitrogens with zero attached hydrogens (tertiary/aromatic N) is 1. The number of thioether (sulfide) groups is 1. The normalized spacial score (nSPS) is 17.2. The molecule has 0 unspecified atom stereocenters. The lowest BCUT2D eigenvalue weighted by Crippen LogP contribution is -2.23. The minimum absolute atomic E-state index is 0.148. The summed E-state index contributed by atoms with van der Waals surface area (Å²) in [5.41, 5.74) is 2.16. The smallest absolute Gasteiger partial charge is 0.414 e. The highest BCUT2D eigenvalue weighted by Gasteiger charge is 2.23. The van der Waals surface area contributed by atoms with Crippen molar-refractivity contribution in [1.29, 1.82) is 0 Å². The molecular weight excluding hydrogens is 360 g/mol. The molecule has 2 aromatic rings. The number of anilines is 2. The first-order valence-corrected chi connectivity index (χ1v) is 10.2. The quantitative estimate of drug-likeness (QED) is 0.796. The minimum atomic E-state index is -0.343. The molecule has 1 aliphatic heterocycles. The predicted molar refractivity (Wildman–Crippen MR) is 108 cm³/mol. The monoisotopic (exact) mass is 382 g/mol. The van der Waals surface area contributed by atoms with E-state index in [2.05, 4.69) is 11.4 Å². The lowest BCUT2D eigenvalue weighted by Gasteiger charge is -2.15. The van der Waals surface area contributed by atoms with Crippen LogP contribution >= 0.6 is 11.8 Å². The molecule has 2 aromatic carbocycles. The van der Waals surface area contributed by atoms with E-state index in [1.54, 1.807) is 29.2 Å². The fraction of sp³-hybridized carbons (Fsp3) is 0.333. The molecule has 0 spiro atoms. The molecular formula is C21H22N2O3S. The second-order valence-electron chi connectivity index (χ2n) is 6.79. The van der Waals surface area contributed by atoms with Gasteiger partial charge in [-0.05, 0) is 49.2 Å². The number of hydrogen-bond acceptors (Lipinski definition) is 4. The Labute approximate surface area is 163 Å². The van der Waals surface area contributed by atoms with Gasteiger partial charge in [-0.2, -0.15) is 0 Å². The Morgan fingerprint density at radius 2 is 1.81 bits per heavy atom. The van der Waals surface area contributed by atoms with E-state index >= 15 is 0 Å². The number of amides is 2. The summed E-state index contributed by atoms with van der Waals surface area (Å²) >= 11 is 1.86. The number of ether oxygens (including phenoxy) is 1. The van der Waals surface area contributed by atoms with E-state index in [0.717, 1.165) is 16.3 Å². The van der Waals surface area contributed by atoms with Gasteiger partial charge < -0.3 is 10.1 Å². The van der Waals surface area contributed by atoms with Crippen LogP contribution in [0.5, 0.6) is 0 Å². The van der Waals surface area contributed by atoms with Crippen molar-refractivity contribution in [2.45, 2.75) is 35.8 Å². The Hall–Kier alpha value is -2.47. The number of para-hydroxylation sites is 1. The summed E-state index contributed by atoms with van der Waals surface area (Å²) in [6.07, 6.45) is 4.73. The number of rotatable bonds is 5. The van der Waals surface area contributed by atoms with Crippen LogP contribution in [0.4, 0.5) is 16.2 Å². The highest BCUT2D eigenvalue weighted by atomic mass is 32.2. The van der Waals surface area contributed by atoms with E-state index in [9.17, 15) is 9.59 Å². The van der Waals surface area contributed by atoms with Crippen molar-refractivity contribution < 1.29 is 14.3 Å². The molecule has 0 atom stereocenters. The molecule has 4 rings (SSSR count). The molecule has 6 heteroatoms.